The highest BCUT2D eigenvalue weighted by molar-refractivity contribution is 5.81. The van der Waals surface area contributed by atoms with Crippen LogP contribution < -0.4 is 4.74 Å². The maximum atomic E-state index is 9.56. The number of aromatic nitrogens is 3. The van der Waals surface area contributed by atoms with Crippen LogP contribution in [0.5, 0.6) is 5.75 Å². The third-order valence-electron chi connectivity index (χ3n) is 3.90. The molecule has 1 N–H and O–H groups in total. The Kier molecular flexibility index (Phi) is 4.30. The smallest absolute Gasteiger partial charge is 0.181 e. The summed E-state index contributed by atoms with van der Waals surface area (Å²) in [5.74, 6) is 0.715. The summed E-state index contributed by atoms with van der Waals surface area (Å²) in [6, 6.07) is 7.83. The lowest BCUT2D eigenvalue weighted by Gasteiger charge is -2.10. The van der Waals surface area contributed by atoms with Crippen molar-refractivity contribution >= 4 is 11.0 Å². The van der Waals surface area contributed by atoms with Gasteiger partial charge in [0.1, 0.15) is 5.75 Å². The average Bonchev–Trinajstić information content (AvgIpc) is 2.99. The van der Waals surface area contributed by atoms with Gasteiger partial charge in [0.05, 0.1) is 18.9 Å². The lowest BCUT2D eigenvalue weighted by molar-refractivity contribution is 0.267. The molecule has 2 aromatic heterocycles. The van der Waals surface area contributed by atoms with E-state index in [0.717, 1.165) is 40.0 Å². The van der Waals surface area contributed by atoms with E-state index < -0.39 is 0 Å². The summed E-state index contributed by atoms with van der Waals surface area (Å²) in [6.07, 6.45) is 2.03. The standard InChI is InChI=1S/C18H21N3O2/c1-4-21-10-15-12(3)8-16(19-18(15)20-21)13-6-7-17(23-5-2)14(9-13)11-22/h6-10,22H,4-5,11H2,1-3H3. The lowest BCUT2D eigenvalue weighted by atomic mass is 10.0. The van der Waals surface area contributed by atoms with Crippen molar-refractivity contribution in [3.8, 4) is 17.0 Å². The molecule has 0 atom stereocenters. The molecule has 0 aliphatic heterocycles. The van der Waals surface area contributed by atoms with Gasteiger partial charge in [-0.15, -0.1) is 0 Å². The zero-order valence-corrected chi connectivity index (χ0v) is 13.7. The molecule has 0 unspecified atom stereocenters. The predicted molar refractivity (Wildman–Crippen MR) is 90.5 cm³/mol. The van der Waals surface area contributed by atoms with E-state index in [0.29, 0.717) is 12.4 Å². The Morgan fingerprint density at radius 3 is 2.74 bits per heavy atom. The molecule has 0 saturated carbocycles. The van der Waals surface area contributed by atoms with Crippen molar-refractivity contribution < 1.29 is 9.84 Å². The molecule has 23 heavy (non-hydrogen) atoms. The minimum absolute atomic E-state index is 0.0607. The van der Waals surface area contributed by atoms with E-state index >= 15 is 0 Å². The number of aliphatic hydroxyl groups excluding tert-OH is 1. The SMILES string of the molecule is CCOc1ccc(-c2cc(C)c3cn(CC)nc3n2)cc1CO. The molecule has 0 amide bonds. The Bertz CT molecular complexity index is 840. The van der Waals surface area contributed by atoms with E-state index in [1.165, 1.54) is 0 Å². The summed E-state index contributed by atoms with van der Waals surface area (Å²) in [7, 11) is 0. The van der Waals surface area contributed by atoms with Crippen LogP contribution in [-0.2, 0) is 13.2 Å². The van der Waals surface area contributed by atoms with Gasteiger partial charge >= 0.3 is 0 Å². The number of benzene rings is 1. The summed E-state index contributed by atoms with van der Waals surface area (Å²) in [5.41, 5.74) is 4.47. The summed E-state index contributed by atoms with van der Waals surface area (Å²) < 4.78 is 7.43. The Hall–Kier alpha value is -2.40. The highest BCUT2D eigenvalue weighted by atomic mass is 16.5. The Morgan fingerprint density at radius 1 is 1.22 bits per heavy atom. The second-order valence-electron chi connectivity index (χ2n) is 5.46. The van der Waals surface area contributed by atoms with Crippen LogP contribution in [0.3, 0.4) is 0 Å². The highest BCUT2D eigenvalue weighted by Gasteiger charge is 2.11. The largest absolute Gasteiger partial charge is 0.494 e. The van der Waals surface area contributed by atoms with Crippen molar-refractivity contribution in [1.82, 2.24) is 14.8 Å². The molecule has 0 bridgehead atoms. The van der Waals surface area contributed by atoms with Crippen LogP contribution >= 0.6 is 0 Å². The minimum atomic E-state index is -0.0607. The molecule has 3 aromatic rings. The highest BCUT2D eigenvalue weighted by Crippen LogP contribution is 2.28. The van der Waals surface area contributed by atoms with Crippen LogP contribution in [0, 0.1) is 6.92 Å². The summed E-state index contributed by atoms with van der Waals surface area (Å²) in [5, 5.41) is 15.1. The average molecular weight is 311 g/mol. The number of hydrogen-bond donors (Lipinski definition) is 1. The molecule has 2 heterocycles. The van der Waals surface area contributed by atoms with Crippen molar-refractivity contribution in [1.29, 1.82) is 0 Å². The van der Waals surface area contributed by atoms with Gasteiger partial charge in [-0.2, -0.15) is 5.10 Å². The summed E-state index contributed by atoms with van der Waals surface area (Å²) in [6.45, 7) is 7.39. The maximum Gasteiger partial charge on any atom is 0.181 e. The summed E-state index contributed by atoms with van der Waals surface area (Å²) in [4.78, 5) is 4.67. The molecular weight excluding hydrogens is 290 g/mol. The van der Waals surface area contributed by atoms with Gasteiger partial charge in [-0.3, -0.25) is 4.68 Å². The minimum Gasteiger partial charge on any atom is -0.494 e. The van der Waals surface area contributed by atoms with E-state index in [4.69, 9.17) is 4.74 Å². The third-order valence-corrected chi connectivity index (χ3v) is 3.90. The quantitative estimate of drug-likeness (QED) is 0.785. The first-order valence-corrected chi connectivity index (χ1v) is 7.88. The van der Waals surface area contributed by atoms with Gasteiger partial charge in [0.2, 0.25) is 0 Å². The number of fused-ring (bicyclic) bond motifs is 1. The number of ether oxygens (including phenoxy) is 1. The van der Waals surface area contributed by atoms with Gasteiger partial charge in [-0.1, -0.05) is 0 Å². The summed E-state index contributed by atoms with van der Waals surface area (Å²) >= 11 is 0. The number of aliphatic hydroxyl groups is 1. The van der Waals surface area contributed by atoms with Gasteiger partial charge in [-0.25, -0.2) is 4.98 Å². The normalized spacial score (nSPS) is 11.1. The van der Waals surface area contributed by atoms with Crippen molar-refractivity contribution in [3.63, 3.8) is 0 Å². The molecule has 5 nitrogen and oxygen atoms in total. The van der Waals surface area contributed by atoms with Crippen molar-refractivity contribution in [3.05, 3.63) is 41.6 Å². The fourth-order valence-corrected chi connectivity index (χ4v) is 2.67. The Balaban J connectivity index is 2.09. The molecule has 3 rings (SSSR count). The van der Waals surface area contributed by atoms with Gasteiger partial charge in [0, 0.05) is 29.3 Å². The molecule has 0 radical (unpaired) electrons. The first-order valence-electron chi connectivity index (χ1n) is 7.88. The number of pyridine rings is 1. The Morgan fingerprint density at radius 2 is 2.04 bits per heavy atom. The first-order chi connectivity index (χ1) is 11.2. The van der Waals surface area contributed by atoms with Gasteiger partial charge in [-0.05, 0) is 50.6 Å². The van der Waals surface area contributed by atoms with Crippen LogP contribution in [0.1, 0.15) is 25.0 Å². The predicted octanol–water partition coefficient (Wildman–Crippen LogP) is 3.32. The zero-order valence-electron chi connectivity index (χ0n) is 13.7. The second-order valence-corrected chi connectivity index (χ2v) is 5.46. The maximum absolute atomic E-state index is 9.56. The zero-order chi connectivity index (χ0) is 16.4. The van der Waals surface area contributed by atoms with Crippen LogP contribution in [0.2, 0.25) is 0 Å². The van der Waals surface area contributed by atoms with Crippen LogP contribution in [0.15, 0.2) is 30.5 Å². The molecule has 5 heteroatoms. The fraction of sp³-hybridized carbons (Fsp3) is 0.333. The van der Waals surface area contributed by atoms with E-state index in [9.17, 15) is 5.11 Å². The van der Waals surface area contributed by atoms with E-state index in [-0.39, 0.29) is 6.61 Å². The van der Waals surface area contributed by atoms with Crippen LogP contribution in [0.4, 0.5) is 0 Å². The third kappa shape index (κ3) is 2.92. The van der Waals surface area contributed by atoms with Gasteiger partial charge in [0.15, 0.2) is 5.65 Å². The molecule has 1 aromatic carbocycles. The molecule has 0 aliphatic rings. The van der Waals surface area contributed by atoms with E-state index in [1.54, 1.807) is 0 Å². The van der Waals surface area contributed by atoms with Crippen molar-refractivity contribution in [2.24, 2.45) is 0 Å². The monoisotopic (exact) mass is 311 g/mol. The van der Waals surface area contributed by atoms with Gasteiger partial charge in [0.25, 0.3) is 0 Å². The lowest BCUT2D eigenvalue weighted by Crippen LogP contribution is -1.97. The first kappa shape index (κ1) is 15.5. The number of hydrogen-bond acceptors (Lipinski definition) is 4. The molecular formula is C18H21N3O2. The van der Waals surface area contributed by atoms with Crippen molar-refractivity contribution in [2.75, 3.05) is 6.61 Å². The topological polar surface area (TPSA) is 60.2 Å². The van der Waals surface area contributed by atoms with Crippen molar-refractivity contribution in [2.45, 2.75) is 33.9 Å². The Labute approximate surface area is 135 Å². The van der Waals surface area contributed by atoms with Crippen LogP contribution in [0.25, 0.3) is 22.3 Å². The van der Waals surface area contributed by atoms with Gasteiger partial charge < -0.3 is 9.84 Å². The second kappa shape index (κ2) is 6.38. The molecule has 0 fully saturated rings. The number of nitrogens with zero attached hydrogens (tertiary/aromatic N) is 3. The number of rotatable bonds is 5. The van der Waals surface area contributed by atoms with E-state index in [2.05, 4.69) is 30.0 Å². The number of aryl methyl sites for hydroxylation is 2. The molecule has 120 valence electrons. The van der Waals surface area contributed by atoms with E-state index in [1.807, 2.05) is 36.0 Å². The van der Waals surface area contributed by atoms with Crippen LogP contribution in [-0.4, -0.2) is 26.5 Å². The molecule has 0 saturated heterocycles. The fourth-order valence-electron chi connectivity index (χ4n) is 2.67. The molecule has 0 spiro atoms. The molecule has 0 aliphatic carbocycles.